The number of halogens is 4. The number of amides is 2. The minimum atomic E-state index is -4.64. The van der Waals surface area contributed by atoms with Crippen molar-refractivity contribution in [2.45, 2.75) is 78.2 Å². The maximum atomic E-state index is 14.0. The minimum Gasteiger partial charge on any atom is -0.447 e. The van der Waals surface area contributed by atoms with Crippen molar-refractivity contribution >= 4 is 29.9 Å². The first kappa shape index (κ1) is 41.6. The van der Waals surface area contributed by atoms with Crippen LogP contribution < -0.4 is 10.6 Å². The first-order chi connectivity index (χ1) is 24.6. The van der Waals surface area contributed by atoms with Crippen LogP contribution in [0, 0.1) is 10.8 Å². The lowest BCUT2D eigenvalue weighted by atomic mass is 9.99. The predicted molar refractivity (Wildman–Crippen MR) is 196 cm³/mol. The summed E-state index contributed by atoms with van der Waals surface area (Å²) >= 11 is 6.40. The van der Waals surface area contributed by atoms with Crippen LogP contribution in [-0.2, 0) is 9.53 Å². The van der Waals surface area contributed by atoms with Gasteiger partial charge in [0.25, 0.3) is 0 Å². The first-order valence-electron chi connectivity index (χ1n) is 16.7. The number of carbonyl (C=O) groups excluding carboxylic acids is 2. The molecule has 0 radical (unpaired) electrons. The summed E-state index contributed by atoms with van der Waals surface area (Å²) in [5.41, 5.74) is 1.09. The lowest BCUT2D eigenvalue weighted by Gasteiger charge is -2.31. The van der Waals surface area contributed by atoms with Crippen LogP contribution in [0.2, 0.25) is 5.02 Å². The third kappa shape index (κ3) is 11.1. The number of ether oxygens (including phenoxy) is 1. The van der Waals surface area contributed by atoms with Gasteiger partial charge in [0.15, 0.2) is 5.82 Å². The third-order valence-corrected chi connectivity index (χ3v) is 7.85. The Bertz CT molecular complexity index is 1740. The number of benzene rings is 2. The number of aromatic nitrogens is 4. The maximum Gasteiger partial charge on any atom is 0.411 e. The quantitative estimate of drug-likeness (QED) is 0.0889. The fraction of sp³-hybridized carbons (Fsp3) is 0.405. The number of H-pyrrole nitrogens is 1. The Morgan fingerprint density at radius 3 is 2.17 bits per heavy atom. The largest absolute Gasteiger partial charge is 0.447 e. The van der Waals surface area contributed by atoms with E-state index in [0.717, 1.165) is 22.5 Å². The molecular weight excluding hydrogens is 697 g/mol. The highest BCUT2D eigenvalue weighted by molar-refractivity contribution is 6.33. The molecule has 4 aromatic rings. The van der Waals surface area contributed by atoms with E-state index in [9.17, 15) is 22.8 Å². The Balaban J connectivity index is 0.000000959. The van der Waals surface area contributed by atoms with Gasteiger partial charge in [-0.25, -0.2) is 9.78 Å². The van der Waals surface area contributed by atoms with Crippen molar-refractivity contribution in [1.82, 2.24) is 35.7 Å². The van der Waals surface area contributed by atoms with Crippen LogP contribution in [0.3, 0.4) is 0 Å². The van der Waals surface area contributed by atoms with Gasteiger partial charge in [0.2, 0.25) is 5.91 Å². The number of rotatable bonds is 11. The Kier molecular flexibility index (Phi) is 14.5. The molecule has 1 aliphatic rings. The Labute approximate surface area is 307 Å². The summed E-state index contributed by atoms with van der Waals surface area (Å²) in [5, 5.41) is 19.9. The number of likely N-dealkylation sites (N-methyl/N-ethyl adjacent to an activating group) is 1. The predicted octanol–water partition coefficient (Wildman–Crippen LogP) is 8.52. The van der Waals surface area contributed by atoms with Crippen LogP contribution in [0.15, 0.2) is 73.2 Å². The highest BCUT2D eigenvalue weighted by atomic mass is 35.5. The van der Waals surface area contributed by atoms with E-state index in [-0.39, 0.29) is 12.8 Å². The normalized spacial score (nSPS) is 14.3. The summed E-state index contributed by atoms with van der Waals surface area (Å²) in [7, 11) is 1.58. The average molecular weight is 743 g/mol. The van der Waals surface area contributed by atoms with Crippen molar-refractivity contribution < 1.29 is 27.5 Å². The number of nitrogens with zero attached hydrogens (tertiary/aromatic N) is 4. The summed E-state index contributed by atoms with van der Waals surface area (Å²) in [4.78, 5) is 36.1. The van der Waals surface area contributed by atoms with E-state index in [4.69, 9.17) is 21.7 Å². The zero-order valence-electron chi connectivity index (χ0n) is 30.3. The number of alkyl carbamates (subject to hydrolysis) is 1. The van der Waals surface area contributed by atoms with Crippen molar-refractivity contribution in [1.29, 1.82) is 5.41 Å². The SMILES string of the molecule is CC.CC(C)(C)C.CN[C@@H](C(=O)N(C=N)[C@H](COC(=O)NC1(C(F)(F)F)CC1)c1ccc(Cl)c(-c2ncn[nH]2)c1)c1ccc(-c2ccccn2)cc1. The van der Waals surface area contributed by atoms with E-state index in [1.807, 2.05) is 43.4 Å². The molecule has 1 saturated carbocycles. The van der Waals surface area contributed by atoms with E-state index in [1.54, 1.807) is 43.6 Å². The van der Waals surface area contributed by atoms with Gasteiger partial charge >= 0.3 is 12.3 Å². The number of nitrogens with one attached hydrogen (secondary N) is 4. The van der Waals surface area contributed by atoms with E-state index < -0.39 is 42.4 Å². The van der Waals surface area contributed by atoms with E-state index in [0.29, 0.717) is 33.0 Å². The summed E-state index contributed by atoms with van der Waals surface area (Å²) in [6, 6.07) is 15.2. The molecule has 0 aliphatic heterocycles. The van der Waals surface area contributed by atoms with Crippen molar-refractivity contribution in [3.8, 4) is 22.6 Å². The molecule has 2 aromatic heterocycles. The van der Waals surface area contributed by atoms with Gasteiger partial charge in [-0.1, -0.05) is 89.5 Å². The Morgan fingerprint density at radius 1 is 1.04 bits per heavy atom. The fourth-order valence-electron chi connectivity index (χ4n) is 4.86. The van der Waals surface area contributed by atoms with E-state index in [2.05, 4.69) is 53.2 Å². The summed E-state index contributed by atoms with van der Waals surface area (Å²) in [6.07, 6.45) is -2.74. The van der Waals surface area contributed by atoms with Crippen molar-refractivity contribution in [3.05, 3.63) is 89.3 Å². The third-order valence-electron chi connectivity index (χ3n) is 7.52. The molecule has 5 rings (SSSR count). The van der Waals surface area contributed by atoms with Gasteiger partial charge in [-0.3, -0.25) is 25.2 Å². The first-order valence-corrected chi connectivity index (χ1v) is 17.1. The summed E-state index contributed by atoms with van der Waals surface area (Å²) < 4.78 is 45.6. The molecule has 2 aromatic carbocycles. The van der Waals surface area contributed by atoms with Gasteiger partial charge in [-0.15, -0.1) is 0 Å². The van der Waals surface area contributed by atoms with E-state index in [1.165, 1.54) is 12.4 Å². The number of carbonyl (C=O) groups is 2. The molecule has 4 N–H and O–H groups in total. The molecule has 2 amide bonds. The van der Waals surface area contributed by atoms with Crippen LogP contribution >= 0.6 is 11.6 Å². The second kappa shape index (κ2) is 18.1. The lowest BCUT2D eigenvalue weighted by molar-refractivity contribution is -0.164. The van der Waals surface area contributed by atoms with Crippen LogP contribution in [0.1, 0.15) is 77.6 Å². The average Bonchev–Trinajstić information content (AvgIpc) is 3.70. The monoisotopic (exact) mass is 742 g/mol. The van der Waals surface area contributed by atoms with Gasteiger partial charge in [0, 0.05) is 17.3 Å². The topological polar surface area (TPSA) is 149 Å². The summed E-state index contributed by atoms with van der Waals surface area (Å²) in [6.45, 7) is 12.2. The van der Waals surface area contributed by atoms with Gasteiger partial charge in [0.1, 0.15) is 24.5 Å². The lowest BCUT2D eigenvalue weighted by Crippen LogP contribution is -2.49. The molecular formula is C37H46ClF3N8O3. The highest BCUT2D eigenvalue weighted by Crippen LogP contribution is 2.49. The minimum absolute atomic E-state index is 0.263. The number of alkyl halides is 3. The van der Waals surface area contributed by atoms with Crippen LogP contribution in [0.5, 0.6) is 0 Å². The zero-order chi connectivity index (χ0) is 38.7. The van der Waals surface area contributed by atoms with Crippen LogP contribution in [0.25, 0.3) is 22.6 Å². The van der Waals surface area contributed by atoms with E-state index >= 15 is 0 Å². The second-order valence-electron chi connectivity index (χ2n) is 13.3. The molecule has 0 bridgehead atoms. The van der Waals surface area contributed by atoms with Crippen LogP contribution in [-0.4, -0.2) is 68.8 Å². The highest BCUT2D eigenvalue weighted by Gasteiger charge is 2.64. The van der Waals surface area contributed by atoms with Gasteiger partial charge in [-0.05, 0) is 60.7 Å². The fourth-order valence-corrected chi connectivity index (χ4v) is 5.07. The molecule has 280 valence electrons. The molecule has 2 atom stereocenters. The molecule has 2 heterocycles. The molecule has 0 saturated heterocycles. The maximum absolute atomic E-state index is 14.0. The van der Waals surface area contributed by atoms with Crippen molar-refractivity contribution in [2.75, 3.05) is 13.7 Å². The van der Waals surface area contributed by atoms with Gasteiger partial charge < -0.3 is 15.4 Å². The molecule has 11 nitrogen and oxygen atoms in total. The standard InChI is InChI=1S/C30H28ClF3N8O3.C5H12.C2H6/c1-36-25(19-7-5-18(6-8-19)23-4-2-3-13-37-23)27(43)42(16-35)24(15-45-28(44)40-29(11-12-29)30(32,33)34)20-9-10-22(31)21(14-20)26-38-17-39-41-26;1-5(2,3)4;1-2/h2-10,13-14,16-17,24-25,35-36H,11-12,15H2,1H3,(H,40,44)(H,38,39,41);1-4H3;1-2H3/t24-,25-;;/m1../s1. The smallest absolute Gasteiger partial charge is 0.411 e. The molecule has 0 spiro atoms. The van der Waals surface area contributed by atoms with Crippen molar-refractivity contribution in [2.24, 2.45) is 5.41 Å². The summed E-state index contributed by atoms with van der Waals surface area (Å²) in [5.74, 6) is -0.272. The van der Waals surface area contributed by atoms with Gasteiger partial charge in [-0.2, -0.15) is 18.3 Å². The van der Waals surface area contributed by atoms with Crippen molar-refractivity contribution in [3.63, 3.8) is 0 Å². The molecule has 1 fully saturated rings. The Morgan fingerprint density at radius 2 is 1.67 bits per heavy atom. The zero-order valence-corrected chi connectivity index (χ0v) is 31.1. The van der Waals surface area contributed by atoms with Gasteiger partial charge in [0.05, 0.1) is 23.1 Å². The van der Waals surface area contributed by atoms with Crippen LogP contribution in [0.4, 0.5) is 18.0 Å². The molecule has 0 unspecified atom stereocenters. The second-order valence-corrected chi connectivity index (χ2v) is 13.7. The molecule has 15 heteroatoms. The number of hydrogen-bond donors (Lipinski definition) is 4. The number of pyridine rings is 1. The Hall–Kier alpha value is -4.82. The molecule has 52 heavy (non-hydrogen) atoms. The molecule has 1 aliphatic carbocycles. The number of aromatic amines is 1. The number of hydrogen-bond acceptors (Lipinski definition) is 8.